The van der Waals surface area contributed by atoms with Crippen LogP contribution in [0.1, 0.15) is 12.8 Å². The lowest BCUT2D eigenvalue weighted by Gasteiger charge is -2.59. The van der Waals surface area contributed by atoms with Crippen molar-refractivity contribution in [2.24, 2.45) is 0 Å². The summed E-state index contributed by atoms with van der Waals surface area (Å²) < 4.78 is 10.1. The maximum Gasteiger partial charge on any atom is 0.323 e. The normalized spacial score (nSPS) is 29.6. The van der Waals surface area contributed by atoms with Gasteiger partial charge in [0.05, 0.1) is 26.6 Å². The maximum absolute atomic E-state index is 12.4. The molecule has 0 saturated carbocycles. The van der Waals surface area contributed by atoms with Gasteiger partial charge in [-0.3, -0.25) is 24.3 Å². The summed E-state index contributed by atoms with van der Waals surface area (Å²) in [5, 5.41) is 0. The van der Waals surface area contributed by atoms with Crippen LogP contribution in [0.2, 0.25) is 0 Å². The first kappa shape index (κ1) is 20.4. The van der Waals surface area contributed by atoms with Crippen molar-refractivity contribution in [3.05, 3.63) is 38.0 Å². The van der Waals surface area contributed by atoms with E-state index >= 15 is 0 Å². The van der Waals surface area contributed by atoms with Crippen molar-refractivity contribution in [1.82, 2.24) is 14.7 Å². The SMILES string of the molecule is C=CCN1C(C(=O)OC)C[C@@H]2N(CC=C)[C@@H](C(=O)OC)C[C@H]1N2CC=C. The summed E-state index contributed by atoms with van der Waals surface area (Å²) in [7, 11) is 2.80. The molecule has 4 atom stereocenters. The molecule has 2 aliphatic rings. The first-order valence-electron chi connectivity index (χ1n) is 8.79. The minimum absolute atomic E-state index is 0.112. The molecule has 2 saturated heterocycles. The lowest BCUT2D eigenvalue weighted by Crippen LogP contribution is -2.74. The Morgan fingerprint density at radius 2 is 1.15 bits per heavy atom. The monoisotopic (exact) mass is 363 g/mol. The first-order chi connectivity index (χ1) is 12.5. The highest BCUT2D eigenvalue weighted by Crippen LogP contribution is 2.37. The van der Waals surface area contributed by atoms with Crippen molar-refractivity contribution in [1.29, 1.82) is 0 Å². The van der Waals surface area contributed by atoms with E-state index in [9.17, 15) is 9.59 Å². The Bertz CT molecular complexity index is 521. The van der Waals surface area contributed by atoms with Crippen LogP contribution in [-0.2, 0) is 19.1 Å². The summed E-state index contributed by atoms with van der Waals surface area (Å²) in [6.07, 6.45) is 6.20. The van der Waals surface area contributed by atoms with E-state index in [0.29, 0.717) is 32.5 Å². The molecule has 0 aromatic carbocycles. The molecule has 2 rings (SSSR count). The largest absolute Gasteiger partial charge is 0.468 e. The van der Waals surface area contributed by atoms with Crippen LogP contribution >= 0.6 is 0 Å². The van der Waals surface area contributed by atoms with E-state index in [1.165, 1.54) is 14.2 Å². The zero-order valence-corrected chi connectivity index (χ0v) is 15.7. The number of carbonyl (C=O) groups excluding carboxylic acids is 2. The van der Waals surface area contributed by atoms with Gasteiger partial charge in [-0.2, -0.15) is 0 Å². The number of fused-ring (bicyclic) bond motifs is 2. The van der Waals surface area contributed by atoms with E-state index in [1.54, 1.807) is 12.2 Å². The van der Waals surface area contributed by atoms with Gasteiger partial charge in [0.1, 0.15) is 12.1 Å². The van der Waals surface area contributed by atoms with Crippen LogP contribution in [0.4, 0.5) is 0 Å². The van der Waals surface area contributed by atoms with Crippen molar-refractivity contribution in [3.8, 4) is 0 Å². The van der Waals surface area contributed by atoms with E-state index in [4.69, 9.17) is 9.47 Å². The number of hydrogen-bond donors (Lipinski definition) is 0. The van der Waals surface area contributed by atoms with Crippen LogP contribution in [0.5, 0.6) is 0 Å². The number of rotatable bonds is 8. The summed E-state index contributed by atoms with van der Waals surface area (Å²) >= 11 is 0. The Morgan fingerprint density at radius 1 is 0.808 bits per heavy atom. The third-order valence-corrected chi connectivity index (χ3v) is 5.17. The topological polar surface area (TPSA) is 62.3 Å². The zero-order chi connectivity index (χ0) is 19.3. The highest BCUT2D eigenvalue weighted by atomic mass is 16.5. The van der Waals surface area contributed by atoms with Gasteiger partial charge in [-0.1, -0.05) is 18.2 Å². The summed E-state index contributed by atoms with van der Waals surface area (Å²) in [6, 6.07) is -0.778. The van der Waals surface area contributed by atoms with Crippen molar-refractivity contribution in [3.63, 3.8) is 0 Å². The number of carbonyl (C=O) groups is 2. The molecule has 2 fully saturated rings. The van der Waals surface area contributed by atoms with Crippen molar-refractivity contribution in [2.75, 3.05) is 33.9 Å². The molecule has 0 radical (unpaired) electrons. The first-order valence-corrected chi connectivity index (χ1v) is 8.79. The smallest absolute Gasteiger partial charge is 0.323 e. The minimum Gasteiger partial charge on any atom is -0.468 e. The highest BCUT2D eigenvalue weighted by Gasteiger charge is 2.52. The van der Waals surface area contributed by atoms with Gasteiger partial charge >= 0.3 is 11.9 Å². The Labute approximate surface area is 155 Å². The van der Waals surface area contributed by atoms with Gasteiger partial charge in [-0.15, -0.1) is 19.7 Å². The van der Waals surface area contributed by atoms with Gasteiger partial charge in [0.25, 0.3) is 0 Å². The Kier molecular flexibility index (Phi) is 7.14. The predicted molar refractivity (Wildman–Crippen MR) is 99.1 cm³/mol. The lowest BCUT2D eigenvalue weighted by atomic mass is 9.92. The second-order valence-electron chi connectivity index (χ2n) is 6.47. The Hall–Kier alpha value is -1.96. The van der Waals surface area contributed by atoms with Crippen molar-refractivity contribution < 1.29 is 19.1 Å². The van der Waals surface area contributed by atoms with Gasteiger partial charge in [-0.25, -0.2) is 0 Å². The Morgan fingerprint density at radius 3 is 1.46 bits per heavy atom. The molecule has 2 heterocycles. The molecule has 1 unspecified atom stereocenters. The lowest BCUT2D eigenvalue weighted by molar-refractivity contribution is -0.190. The molecule has 7 nitrogen and oxygen atoms in total. The van der Waals surface area contributed by atoms with Gasteiger partial charge in [0, 0.05) is 32.5 Å². The third-order valence-electron chi connectivity index (χ3n) is 5.17. The molecule has 0 N–H and O–H groups in total. The predicted octanol–water partition coefficient (Wildman–Crippen LogP) is 0.993. The van der Waals surface area contributed by atoms with Crippen LogP contribution in [-0.4, -0.2) is 84.9 Å². The van der Waals surface area contributed by atoms with E-state index in [-0.39, 0.29) is 36.4 Å². The van der Waals surface area contributed by atoms with Gasteiger partial charge < -0.3 is 9.47 Å². The van der Waals surface area contributed by atoms with Crippen LogP contribution in [0.3, 0.4) is 0 Å². The fourth-order valence-electron chi connectivity index (χ4n) is 4.13. The third kappa shape index (κ3) is 3.75. The summed E-state index contributed by atoms with van der Waals surface area (Å²) in [5.74, 6) is -0.537. The molecule has 0 aromatic rings. The molecular weight excluding hydrogens is 334 g/mol. The van der Waals surface area contributed by atoms with Gasteiger partial charge in [0.2, 0.25) is 0 Å². The van der Waals surface area contributed by atoms with Crippen LogP contribution in [0, 0.1) is 0 Å². The molecule has 0 aromatic heterocycles. The van der Waals surface area contributed by atoms with Gasteiger partial charge in [-0.05, 0) is 0 Å². The van der Waals surface area contributed by atoms with Crippen molar-refractivity contribution in [2.45, 2.75) is 37.3 Å². The average Bonchev–Trinajstić information content (AvgIpc) is 2.64. The summed E-state index contributed by atoms with van der Waals surface area (Å²) in [6.45, 7) is 13.2. The van der Waals surface area contributed by atoms with E-state index in [0.717, 1.165) is 0 Å². The van der Waals surface area contributed by atoms with E-state index in [2.05, 4.69) is 34.4 Å². The molecule has 0 aliphatic carbocycles. The molecule has 2 aliphatic heterocycles. The van der Waals surface area contributed by atoms with Gasteiger partial charge in [0.15, 0.2) is 0 Å². The van der Waals surface area contributed by atoms with Crippen molar-refractivity contribution >= 4 is 11.9 Å². The average molecular weight is 363 g/mol. The molecule has 0 spiro atoms. The fraction of sp³-hybridized carbons (Fsp3) is 0.579. The second-order valence-corrected chi connectivity index (χ2v) is 6.47. The Balaban J connectivity index is 2.46. The number of esters is 2. The molecule has 7 heteroatoms. The van der Waals surface area contributed by atoms with Crippen LogP contribution in [0.25, 0.3) is 0 Å². The second kappa shape index (κ2) is 9.12. The highest BCUT2D eigenvalue weighted by molar-refractivity contribution is 5.77. The maximum atomic E-state index is 12.4. The minimum atomic E-state index is -0.389. The summed E-state index contributed by atoms with van der Waals surface area (Å²) in [5.41, 5.74) is 0. The molecule has 26 heavy (non-hydrogen) atoms. The zero-order valence-electron chi connectivity index (χ0n) is 15.7. The number of ether oxygens (including phenoxy) is 2. The molecular formula is C19H29N3O4. The standard InChI is InChI=1S/C19H29N3O4/c1-6-9-20-14(18(23)25-4)12-17-21(10-7-2)15(19(24)26-5)13-16(20)22(17)11-8-3/h6-8,14-17H,1-3,9-13H2,4-5H3/t14-,15?,16-,17-/m1/s1. The van der Waals surface area contributed by atoms with Crippen LogP contribution in [0.15, 0.2) is 38.0 Å². The molecule has 144 valence electrons. The quantitative estimate of drug-likeness (QED) is 0.471. The van der Waals surface area contributed by atoms with E-state index in [1.807, 2.05) is 6.08 Å². The molecule has 0 amide bonds. The van der Waals surface area contributed by atoms with E-state index < -0.39 is 0 Å². The molecule has 2 bridgehead atoms. The van der Waals surface area contributed by atoms with Crippen LogP contribution < -0.4 is 0 Å². The number of hydrogen-bond acceptors (Lipinski definition) is 7. The number of nitrogens with zero attached hydrogens (tertiary/aromatic N) is 3. The fourth-order valence-corrected chi connectivity index (χ4v) is 4.13. The summed E-state index contributed by atoms with van der Waals surface area (Å²) in [4.78, 5) is 31.2. The number of methoxy groups -OCH3 is 2.